The lowest BCUT2D eigenvalue weighted by atomic mass is 10.1. The Balaban J connectivity index is 4.42. The number of carbonyl (C=O) groups excluding carboxylic acids is 3. The fraction of sp³-hybridized carbons (Fsp3) is 0.794. The van der Waals surface area contributed by atoms with Crippen molar-refractivity contribution in [3.8, 4) is 0 Å². The molecular weight excluding hydrogens is 853 g/mol. The van der Waals surface area contributed by atoms with E-state index in [1.807, 2.05) is 0 Å². The van der Waals surface area contributed by atoms with E-state index in [4.69, 9.17) is 14.2 Å². The monoisotopic (exact) mass is 965 g/mol. The molecule has 0 aromatic heterocycles. The zero-order valence-corrected chi connectivity index (χ0v) is 45.8. The van der Waals surface area contributed by atoms with Crippen molar-refractivity contribution >= 4 is 17.9 Å². The molecule has 0 radical (unpaired) electrons. The number of allylic oxidation sites excluding steroid dienone is 10. The minimum absolute atomic E-state index is 0.0843. The van der Waals surface area contributed by atoms with Crippen molar-refractivity contribution in [1.29, 1.82) is 0 Å². The summed E-state index contributed by atoms with van der Waals surface area (Å²) in [7, 11) is 0. The smallest absolute Gasteiger partial charge is 0.306 e. The summed E-state index contributed by atoms with van der Waals surface area (Å²) in [5.41, 5.74) is 0. The molecule has 69 heavy (non-hydrogen) atoms. The fourth-order valence-corrected chi connectivity index (χ4v) is 8.44. The molecular formula is C63H112O6. The Morgan fingerprint density at radius 3 is 0.855 bits per heavy atom. The van der Waals surface area contributed by atoms with Gasteiger partial charge in [0.05, 0.1) is 0 Å². The first-order valence-electron chi connectivity index (χ1n) is 29.8. The molecule has 400 valence electrons. The van der Waals surface area contributed by atoms with Crippen molar-refractivity contribution in [2.75, 3.05) is 13.2 Å². The highest BCUT2D eigenvalue weighted by molar-refractivity contribution is 5.71. The Kier molecular flexibility index (Phi) is 55.3. The van der Waals surface area contributed by atoms with Crippen LogP contribution in [-0.2, 0) is 28.6 Å². The molecule has 0 fully saturated rings. The number of hydrogen-bond donors (Lipinski definition) is 0. The van der Waals surface area contributed by atoms with Gasteiger partial charge in [-0.1, -0.05) is 236 Å². The highest BCUT2D eigenvalue weighted by atomic mass is 16.6. The second-order valence-electron chi connectivity index (χ2n) is 19.9. The van der Waals surface area contributed by atoms with Gasteiger partial charge in [-0.15, -0.1) is 0 Å². The molecule has 0 unspecified atom stereocenters. The molecule has 0 rings (SSSR count). The maximum atomic E-state index is 12.9. The molecule has 0 amide bonds. The van der Waals surface area contributed by atoms with Gasteiger partial charge in [-0.2, -0.15) is 0 Å². The van der Waals surface area contributed by atoms with E-state index in [0.717, 1.165) is 83.5 Å². The molecule has 0 saturated heterocycles. The van der Waals surface area contributed by atoms with E-state index < -0.39 is 6.10 Å². The third kappa shape index (κ3) is 55.9. The predicted octanol–water partition coefficient (Wildman–Crippen LogP) is 20.0. The predicted molar refractivity (Wildman–Crippen MR) is 298 cm³/mol. The quantitative estimate of drug-likeness (QED) is 0.0262. The van der Waals surface area contributed by atoms with Crippen LogP contribution in [0.1, 0.15) is 303 Å². The molecule has 0 saturated carbocycles. The summed E-state index contributed by atoms with van der Waals surface area (Å²) in [5, 5.41) is 0. The molecule has 6 nitrogen and oxygen atoms in total. The van der Waals surface area contributed by atoms with E-state index in [-0.39, 0.29) is 31.1 Å². The number of unbranched alkanes of at least 4 members (excludes halogenated alkanes) is 33. The van der Waals surface area contributed by atoms with Gasteiger partial charge >= 0.3 is 17.9 Å². The number of rotatable bonds is 54. The average molecular weight is 966 g/mol. The highest BCUT2D eigenvalue weighted by Crippen LogP contribution is 2.15. The maximum absolute atomic E-state index is 12.9. The lowest BCUT2D eigenvalue weighted by molar-refractivity contribution is -0.167. The van der Waals surface area contributed by atoms with Crippen LogP contribution in [0, 0.1) is 0 Å². The molecule has 0 aliphatic carbocycles. The van der Waals surface area contributed by atoms with E-state index in [1.54, 1.807) is 0 Å². The van der Waals surface area contributed by atoms with Gasteiger partial charge in [-0.25, -0.2) is 0 Å². The SMILES string of the molecule is CCCCC/C=C\C/C=C\C/C=C\CCCCCCC(=O)OC[C@H](COC(=O)CCCCCCCCC/C=C\CCCCCCCC)OC(=O)CCCCCCCCC/C=C\CCCCCCCC. The molecule has 0 aliphatic heterocycles. The Bertz CT molecular complexity index is 1250. The highest BCUT2D eigenvalue weighted by Gasteiger charge is 2.19. The lowest BCUT2D eigenvalue weighted by Gasteiger charge is -2.18. The molecule has 0 aliphatic rings. The molecule has 0 aromatic carbocycles. The number of esters is 3. The van der Waals surface area contributed by atoms with Crippen LogP contribution in [0.4, 0.5) is 0 Å². The summed E-state index contributed by atoms with van der Waals surface area (Å²) in [5.74, 6) is -0.903. The lowest BCUT2D eigenvalue weighted by Crippen LogP contribution is -2.30. The van der Waals surface area contributed by atoms with Crippen molar-refractivity contribution in [2.45, 2.75) is 309 Å². The Morgan fingerprint density at radius 2 is 0.522 bits per heavy atom. The molecule has 0 N–H and O–H groups in total. The van der Waals surface area contributed by atoms with Gasteiger partial charge in [0, 0.05) is 19.3 Å². The third-order valence-corrected chi connectivity index (χ3v) is 13.0. The molecule has 6 heteroatoms. The molecule has 0 aromatic rings. The molecule has 0 bridgehead atoms. The zero-order chi connectivity index (χ0) is 50.0. The summed E-state index contributed by atoms with van der Waals surface area (Å²) >= 11 is 0. The van der Waals surface area contributed by atoms with Crippen molar-refractivity contribution in [3.63, 3.8) is 0 Å². The van der Waals surface area contributed by atoms with Gasteiger partial charge in [0.25, 0.3) is 0 Å². The van der Waals surface area contributed by atoms with E-state index >= 15 is 0 Å². The third-order valence-electron chi connectivity index (χ3n) is 13.0. The van der Waals surface area contributed by atoms with Crippen LogP contribution in [0.15, 0.2) is 60.8 Å². The standard InChI is InChI=1S/C63H112O6/c1-4-7-10-13-16-19-22-25-28-31-34-37-40-43-46-49-52-55-61(64)67-58-60(69-63(66)57-54-51-48-45-42-39-36-33-30-27-24-21-18-15-12-9-6-3)59-68-62(65)56-53-50-47-44-41-38-35-32-29-26-23-20-17-14-11-8-5-2/h16,19,25-30,34,37,60H,4-15,17-18,20-24,31-33,35-36,38-59H2,1-3H3/b19-16-,28-25-,29-26-,30-27-,37-34-/t60-/m1/s1. The minimum Gasteiger partial charge on any atom is -0.462 e. The first-order valence-corrected chi connectivity index (χ1v) is 29.8. The van der Waals surface area contributed by atoms with E-state index in [1.165, 1.54) is 180 Å². The van der Waals surface area contributed by atoms with Crippen LogP contribution in [0.5, 0.6) is 0 Å². The van der Waals surface area contributed by atoms with Crippen LogP contribution >= 0.6 is 0 Å². The Hall–Kier alpha value is -2.89. The van der Waals surface area contributed by atoms with E-state index in [0.29, 0.717) is 19.3 Å². The summed E-state index contributed by atoms with van der Waals surface area (Å²) in [4.78, 5) is 38.2. The van der Waals surface area contributed by atoms with Crippen LogP contribution in [-0.4, -0.2) is 37.2 Å². The van der Waals surface area contributed by atoms with Crippen LogP contribution in [0.3, 0.4) is 0 Å². The first kappa shape index (κ1) is 66.1. The van der Waals surface area contributed by atoms with E-state index in [2.05, 4.69) is 81.5 Å². The van der Waals surface area contributed by atoms with Gasteiger partial charge in [0.2, 0.25) is 0 Å². The second kappa shape index (κ2) is 57.7. The minimum atomic E-state index is -0.788. The maximum Gasteiger partial charge on any atom is 0.306 e. The van der Waals surface area contributed by atoms with Crippen LogP contribution in [0.25, 0.3) is 0 Å². The van der Waals surface area contributed by atoms with Crippen molar-refractivity contribution < 1.29 is 28.6 Å². The van der Waals surface area contributed by atoms with Crippen molar-refractivity contribution in [3.05, 3.63) is 60.8 Å². The van der Waals surface area contributed by atoms with Crippen LogP contribution in [0.2, 0.25) is 0 Å². The molecule has 0 heterocycles. The zero-order valence-electron chi connectivity index (χ0n) is 45.8. The normalized spacial score (nSPS) is 12.4. The molecule has 1 atom stereocenters. The van der Waals surface area contributed by atoms with Gasteiger partial charge in [-0.3, -0.25) is 14.4 Å². The largest absolute Gasteiger partial charge is 0.462 e. The number of carbonyl (C=O) groups is 3. The molecule has 0 spiro atoms. The Labute approximate surface area is 428 Å². The average Bonchev–Trinajstić information content (AvgIpc) is 3.35. The summed E-state index contributed by atoms with van der Waals surface area (Å²) < 4.78 is 16.9. The number of ether oxygens (including phenoxy) is 3. The summed E-state index contributed by atoms with van der Waals surface area (Å²) in [6.07, 6.45) is 72.0. The van der Waals surface area contributed by atoms with Gasteiger partial charge < -0.3 is 14.2 Å². The Morgan fingerprint density at radius 1 is 0.290 bits per heavy atom. The van der Waals surface area contributed by atoms with Gasteiger partial charge in [0.1, 0.15) is 13.2 Å². The van der Waals surface area contributed by atoms with Crippen LogP contribution < -0.4 is 0 Å². The second-order valence-corrected chi connectivity index (χ2v) is 19.9. The fourth-order valence-electron chi connectivity index (χ4n) is 8.44. The van der Waals surface area contributed by atoms with Gasteiger partial charge in [0.15, 0.2) is 6.10 Å². The number of hydrogen-bond acceptors (Lipinski definition) is 6. The topological polar surface area (TPSA) is 78.9 Å². The van der Waals surface area contributed by atoms with Crippen molar-refractivity contribution in [1.82, 2.24) is 0 Å². The first-order chi connectivity index (χ1) is 34.0. The van der Waals surface area contributed by atoms with Crippen molar-refractivity contribution in [2.24, 2.45) is 0 Å². The van der Waals surface area contributed by atoms with E-state index in [9.17, 15) is 14.4 Å². The summed E-state index contributed by atoms with van der Waals surface area (Å²) in [6.45, 7) is 6.61. The van der Waals surface area contributed by atoms with Gasteiger partial charge in [-0.05, 0) is 109 Å². The summed E-state index contributed by atoms with van der Waals surface area (Å²) in [6, 6.07) is 0.